The molecule has 0 aromatic rings. The quantitative estimate of drug-likeness (QED) is 0.425. The van der Waals surface area contributed by atoms with Crippen LogP contribution in [-0.4, -0.2) is 80.3 Å². The number of nitrogens with one attached hydrogen (secondary N) is 1. The lowest BCUT2D eigenvalue weighted by molar-refractivity contribution is -0.142. The molecule has 0 bridgehead atoms. The SMILES string of the molecule is COCCN(CCO)C(=O)NCCOCC(=O)O. The third kappa shape index (κ3) is 8.74. The Kier molecular flexibility index (Phi) is 9.93. The topological polar surface area (TPSA) is 108 Å². The van der Waals surface area contributed by atoms with Crippen molar-refractivity contribution in [2.24, 2.45) is 0 Å². The third-order valence-corrected chi connectivity index (χ3v) is 1.97. The molecule has 0 rings (SSSR count). The van der Waals surface area contributed by atoms with Gasteiger partial charge in [-0.25, -0.2) is 9.59 Å². The lowest BCUT2D eigenvalue weighted by Crippen LogP contribution is -2.44. The van der Waals surface area contributed by atoms with E-state index >= 15 is 0 Å². The first-order valence-corrected chi connectivity index (χ1v) is 5.54. The van der Waals surface area contributed by atoms with Gasteiger partial charge in [-0.2, -0.15) is 0 Å². The van der Waals surface area contributed by atoms with Gasteiger partial charge in [0.15, 0.2) is 0 Å². The maximum absolute atomic E-state index is 11.6. The second-order valence-electron chi connectivity index (χ2n) is 3.38. The molecule has 106 valence electrons. The number of ether oxygens (including phenoxy) is 2. The number of amides is 2. The Bertz CT molecular complexity index is 249. The van der Waals surface area contributed by atoms with Crippen LogP contribution in [0.3, 0.4) is 0 Å². The van der Waals surface area contributed by atoms with Crippen molar-refractivity contribution >= 4 is 12.0 Å². The summed E-state index contributed by atoms with van der Waals surface area (Å²) in [5.74, 6) is -1.05. The molecule has 0 heterocycles. The molecule has 0 aliphatic carbocycles. The Morgan fingerprint density at radius 1 is 1.28 bits per heavy atom. The van der Waals surface area contributed by atoms with Gasteiger partial charge in [-0.3, -0.25) is 0 Å². The van der Waals surface area contributed by atoms with E-state index in [1.165, 1.54) is 12.0 Å². The number of hydrogen-bond acceptors (Lipinski definition) is 5. The van der Waals surface area contributed by atoms with Gasteiger partial charge in [0.1, 0.15) is 6.61 Å². The summed E-state index contributed by atoms with van der Waals surface area (Å²) in [5, 5.41) is 19.7. The molecule has 0 radical (unpaired) electrons. The summed E-state index contributed by atoms with van der Waals surface area (Å²) in [4.78, 5) is 23.2. The van der Waals surface area contributed by atoms with Crippen molar-refractivity contribution in [3.05, 3.63) is 0 Å². The Balaban J connectivity index is 3.76. The Hall–Kier alpha value is -1.38. The van der Waals surface area contributed by atoms with Crippen molar-refractivity contribution in [3.63, 3.8) is 0 Å². The van der Waals surface area contributed by atoms with Crippen molar-refractivity contribution in [3.8, 4) is 0 Å². The average molecular weight is 264 g/mol. The first-order chi connectivity index (χ1) is 8.61. The van der Waals surface area contributed by atoms with E-state index in [2.05, 4.69) is 5.32 Å². The van der Waals surface area contributed by atoms with Crippen LogP contribution in [0.2, 0.25) is 0 Å². The summed E-state index contributed by atoms with van der Waals surface area (Å²) in [6, 6.07) is -0.347. The Morgan fingerprint density at radius 2 is 2.00 bits per heavy atom. The van der Waals surface area contributed by atoms with Crippen molar-refractivity contribution in [1.82, 2.24) is 10.2 Å². The summed E-state index contributed by atoms with van der Waals surface area (Å²) >= 11 is 0. The number of aliphatic hydroxyl groups excluding tert-OH is 1. The van der Waals surface area contributed by atoms with Crippen LogP contribution in [0.5, 0.6) is 0 Å². The second-order valence-corrected chi connectivity index (χ2v) is 3.38. The molecule has 0 spiro atoms. The van der Waals surface area contributed by atoms with Crippen LogP contribution in [0.25, 0.3) is 0 Å². The molecule has 8 heteroatoms. The van der Waals surface area contributed by atoms with Crippen LogP contribution >= 0.6 is 0 Å². The zero-order valence-electron chi connectivity index (χ0n) is 10.4. The smallest absolute Gasteiger partial charge is 0.329 e. The lowest BCUT2D eigenvalue weighted by Gasteiger charge is -2.21. The summed E-state index contributed by atoms with van der Waals surface area (Å²) in [6.07, 6.45) is 0. The molecular weight excluding hydrogens is 244 g/mol. The molecule has 2 amide bonds. The van der Waals surface area contributed by atoms with E-state index in [0.717, 1.165) is 0 Å². The van der Waals surface area contributed by atoms with E-state index < -0.39 is 5.97 Å². The van der Waals surface area contributed by atoms with Gasteiger partial charge in [-0.05, 0) is 0 Å². The highest BCUT2D eigenvalue weighted by molar-refractivity contribution is 5.74. The minimum Gasteiger partial charge on any atom is -0.480 e. The number of rotatable bonds is 10. The van der Waals surface area contributed by atoms with Crippen molar-refractivity contribution < 1.29 is 29.3 Å². The highest BCUT2D eigenvalue weighted by Gasteiger charge is 2.11. The van der Waals surface area contributed by atoms with E-state index in [1.54, 1.807) is 0 Å². The largest absolute Gasteiger partial charge is 0.480 e. The standard InChI is InChI=1S/C10H20N2O6/c1-17-7-4-12(3-5-13)10(16)11-2-6-18-8-9(14)15/h13H,2-8H2,1H3,(H,11,16)(H,14,15). The van der Waals surface area contributed by atoms with Gasteiger partial charge in [0.05, 0.1) is 19.8 Å². The van der Waals surface area contributed by atoms with Gasteiger partial charge in [0, 0.05) is 26.7 Å². The van der Waals surface area contributed by atoms with Gasteiger partial charge in [-0.15, -0.1) is 0 Å². The van der Waals surface area contributed by atoms with Gasteiger partial charge in [-0.1, -0.05) is 0 Å². The van der Waals surface area contributed by atoms with Crippen molar-refractivity contribution in [2.45, 2.75) is 0 Å². The fourth-order valence-electron chi connectivity index (χ4n) is 1.14. The normalized spacial score (nSPS) is 10.1. The van der Waals surface area contributed by atoms with Gasteiger partial charge < -0.3 is 29.9 Å². The molecular formula is C10H20N2O6. The number of carboxylic acid groups (broad SMARTS) is 1. The molecule has 18 heavy (non-hydrogen) atoms. The van der Waals surface area contributed by atoms with Crippen LogP contribution < -0.4 is 5.32 Å². The summed E-state index contributed by atoms with van der Waals surface area (Å²) in [5.41, 5.74) is 0. The molecule has 0 saturated heterocycles. The van der Waals surface area contributed by atoms with E-state index in [0.29, 0.717) is 13.2 Å². The molecule has 0 fully saturated rings. The lowest BCUT2D eigenvalue weighted by atomic mass is 10.5. The molecule has 0 aromatic heterocycles. The molecule has 0 atom stereocenters. The van der Waals surface area contributed by atoms with E-state index in [4.69, 9.17) is 19.7 Å². The van der Waals surface area contributed by atoms with Crippen LogP contribution in [0.4, 0.5) is 4.79 Å². The Labute approximate surface area is 105 Å². The number of carbonyl (C=O) groups excluding carboxylic acids is 1. The van der Waals surface area contributed by atoms with Crippen molar-refractivity contribution in [1.29, 1.82) is 0 Å². The molecule has 0 aliphatic rings. The first-order valence-electron chi connectivity index (χ1n) is 5.54. The number of carbonyl (C=O) groups is 2. The average Bonchev–Trinajstić information content (AvgIpc) is 2.33. The minimum atomic E-state index is -1.05. The van der Waals surface area contributed by atoms with E-state index in [1.807, 2.05) is 0 Å². The first kappa shape index (κ1) is 16.6. The molecule has 0 unspecified atom stereocenters. The predicted molar refractivity (Wildman–Crippen MR) is 62.4 cm³/mol. The molecule has 0 aromatic carbocycles. The number of urea groups is 1. The van der Waals surface area contributed by atoms with Crippen LogP contribution in [0.15, 0.2) is 0 Å². The third-order valence-electron chi connectivity index (χ3n) is 1.97. The maximum atomic E-state index is 11.6. The van der Waals surface area contributed by atoms with E-state index in [-0.39, 0.29) is 38.9 Å². The van der Waals surface area contributed by atoms with Crippen LogP contribution in [0, 0.1) is 0 Å². The molecule has 0 aliphatic heterocycles. The second kappa shape index (κ2) is 10.8. The van der Waals surface area contributed by atoms with Gasteiger partial charge >= 0.3 is 12.0 Å². The van der Waals surface area contributed by atoms with Gasteiger partial charge in [0.25, 0.3) is 0 Å². The predicted octanol–water partition coefficient (Wildman–Crippen LogP) is -1.26. The number of aliphatic hydroxyl groups is 1. The molecule has 0 saturated carbocycles. The summed E-state index contributed by atoms with van der Waals surface area (Å²) in [7, 11) is 1.52. The van der Waals surface area contributed by atoms with Crippen molar-refractivity contribution in [2.75, 3.05) is 53.2 Å². The number of nitrogens with zero attached hydrogens (tertiary/aromatic N) is 1. The van der Waals surface area contributed by atoms with Gasteiger partial charge in [0.2, 0.25) is 0 Å². The summed E-state index contributed by atoms with van der Waals surface area (Å²) < 4.78 is 9.60. The minimum absolute atomic E-state index is 0.120. The zero-order chi connectivity index (χ0) is 13.8. The highest BCUT2D eigenvalue weighted by Crippen LogP contribution is 1.89. The summed E-state index contributed by atoms with van der Waals surface area (Å²) in [6.45, 7) is 0.774. The number of aliphatic carboxylic acids is 1. The number of hydrogen-bond donors (Lipinski definition) is 3. The fraction of sp³-hybridized carbons (Fsp3) is 0.800. The maximum Gasteiger partial charge on any atom is 0.329 e. The van der Waals surface area contributed by atoms with Crippen LogP contribution in [0.1, 0.15) is 0 Å². The van der Waals surface area contributed by atoms with E-state index in [9.17, 15) is 9.59 Å². The molecule has 8 nitrogen and oxygen atoms in total. The Morgan fingerprint density at radius 3 is 2.56 bits per heavy atom. The highest BCUT2D eigenvalue weighted by atomic mass is 16.5. The fourth-order valence-corrected chi connectivity index (χ4v) is 1.14. The number of methoxy groups -OCH3 is 1. The zero-order valence-corrected chi connectivity index (χ0v) is 10.4. The molecule has 3 N–H and O–H groups in total. The van der Waals surface area contributed by atoms with Crippen LogP contribution in [-0.2, 0) is 14.3 Å². The number of carboxylic acids is 1. The monoisotopic (exact) mass is 264 g/mol.